The number of rotatable bonds is 7. The van der Waals surface area contributed by atoms with Crippen LogP contribution in [0, 0.1) is 0 Å². The fourth-order valence-electron chi connectivity index (χ4n) is 2.54. The lowest BCUT2D eigenvalue weighted by Crippen LogP contribution is -2.24. The summed E-state index contributed by atoms with van der Waals surface area (Å²) >= 11 is 5.94. The summed E-state index contributed by atoms with van der Waals surface area (Å²) < 4.78 is 0. The summed E-state index contributed by atoms with van der Waals surface area (Å²) in [5.74, 6) is 0. The van der Waals surface area contributed by atoms with Gasteiger partial charge in [-0.15, -0.1) is 0 Å². The smallest absolute Gasteiger partial charge is 0.117 e. The lowest BCUT2D eigenvalue weighted by atomic mass is 10.1. The third-order valence-electron chi connectivity index (χ3n) is 3.74. The molecule has 5 nitrogen and oxygen atoms in total. The van der Waals surface area contributed by atoms with Gasteiger partial charge in [0.15, 0.2) is 0 Å². The molecule has 1 aromatic heterocycles. The van der Waals surface area contributed by atoms with Crippen molar-refractivity contribution in [3.8, 4) is 11.3 Å². The number of aliphatic hydroxyl groups is 1. The molecule has 0 amide bonds. The van der Waals surface area contributed by atoms with Gasteiger partial charge in [-0.3, -0.25) is 0 Å². The third kappa shape index (κ3) is 4.89. The van der Waals surface area contributed by atoms with Gasteiger partial charge in [0.25, 0.3) is 0 Å². The van der Waals surface area contributed by atoms with E-state index < -0.39 is 6.10 Å². The number of hydrogen-bond acceptors (Lipinski definition) is 4. The van der Waals surface area contributed by atoms with Crippen LogP contribution in [0.25, 0.3) is 11.3 Å². The largest absolute Gasteiger partial charge is 0.392 e. The van der Waals surface area contributed by atoms with E-state index in [9.17, 15) is 5.11 Å². The van der Waals surface area contributed by atoms with Gasteiger partial charge in [0.05, 0.1) is 12.6 Å². The Morgan fingerprint density at radius 1 is 1.08 bits per heavy atom. The first-order chi connectivity index (χ1) is 12.1. The highest BCUT2D eigenvalue weighted by molar-refractivity contribution is 6.30. The van der Waals surface area contributed by atoms with Gasteiger partial charge >= 0.3 is 0 Å². The van der Waals surface area contributed by atoms with Crippen LogP contribution in [0.15, 0.2) is 54.6 Å². The minimum Gasteiger partial charge on any atom is -0.392 e. The minimum absolute atomic E-state index is 0.399. The predicted molar refractivity (Wildman–Crippen MR) is 99.4 cm³/mol. The molecule has 0 unspecified atom stereocenters. The van der Waals surface area contributed by atoms with Crippen molar-refractivity contribution in [1.82, 2.24) is 20.3 Å². The Balaban J connectivity index is 1.84. The summed E-state index contributed by atoms with van der Waals surface area (Å²) in [6.45, 7) is 3.39. The molecule has 0 saturated heterocycles. The summed E-state index contributed by atoms with van der Waals surface area (Å²) in [6, 6.07) is 17.7. The molecule has 0 saturated carbocycles. The first-order valence-electron chi connectivity index (χ1n) is 8.24. The maximum atomic E-state index is 9.42. The SMILES string of the molecule is C[C@H](O)CNCc1nn(Cc2ccc(Cl)cc2)nc1-c1ccccc1. The van der Waals surface area contributed by atoms with Crippen molar-refractivity contribution in [3.05, 3.63) is 70.9 Å². The zero-order valence-electron chi connectivity index (χ0n) is 14.1. The number of halogens is 1. The van der Waals surface area contributed by atoms with Crippen LogP contribution < -0.4 is 5.32 Å². The topological polar surface area (TPSA) is 63.0 Å². The molecule has 3 rings (SSSR count). The lowest BCUT2D eigenvalue weighted by molar-refractivity contribution is 0.191. The molecule has 0 fully saturated rings. The van der Waals surface area contributed by atoms with E-state index in [1.54, 1.807) is 11.7 Å². The van der Waals surface area contributed by atoms with E-state index in [1.165, 1.54) is 0 Å². The van der Waals surface area contributed by atoms with Gasteiger partial charge in [0.2, 0.25) is 0 Å². The van der Waals surface area contributed by atoms with Crippen LogP contribution in [0.5, 0.6) is 0 Å². The number of aromatic nitrogens is 3. The normalized spacial score (nSPS) is 12.3. The van der Waals surface area contributed by atoms with Gasteiger partial charge in [-0.25, -0.2) is 0 Å². The first-order valence-corrected chi connectivity index (χ1v) is 8.62. The molecule has 2 aromatic carbocycles. The molecule has 25 heavy (non-hydrogen) atoms. The highest BCUT2D eigenvalue weighted by Gasteiger charge is 2.13. The van der Waals surface area contributed by atoms with E-state index >= 15 is 0 Å². The number of aliphatic hydroxyl groups excluding tert-OH is 1. The molecule has 2 N–H and O–H groups in total. The molecular weight excluding hydrogens is 336 g/mol. The summed E-state index contributed by atoms with van der Waals surface area (Å²) in [5.41, 5.74) is 3.83. The molecule has 0 aliphatic rings. The van der Waals surface area contributed by atoms with E-state index in [4.69, 9.17) is 11.6 Å². The van der Waals surface area contributed by atoms with Crippen molar-refractivity contribution in [2.24, 2.45) is 0 Å². The Bertz CT molecular complexity index is 800. The summed E-state index contributed by atoms with van der Waals surface area (Å²) in [5, 5.41) is 22.6. The monoisotopic (exact) mass is 356 g/mol. The van der Waals surface area contributed by atoms with Crippen LogP contribution in [-0.2, 0) is 13.1 Å². The van der Waals surface area contributed by atoms with Crippen LogP contribution in [-0.4, -0.2) is 32.7 Å². The molecular formula is C19H21ClN4O. The van der Waals surface area contributed by atoms with Gasteiger partial charge in [-0.1, -0.05) is 54.1 Å². The Labute approximate surface area is 152 Å². The van der Waals surface area contributed by atoms with Crippen LogP contribution in [0.2, 0.25) is 5.02 Å². The Morgan fingerprint density at radius 3 is 2.48 bits per heavy atom. The van der Waals surface area contributed by atoms with E-state index in [0.29, 0.717) is 24.7 Å². The fourth-order valence-corrected chi connectivity index (χ4v) is 2.67. The van der Waals surface area contributed by atoms with Crippen molar-refractivity contribution < 1.29 is 5.11 Å². The van der Waals surface area contributed by atoms with Crippen LogP contribution in [0.4, 0.5) is 0 Å². The van der Waals surface area contributed by atoms with Crippen LogP contribution in [0.1, 0.15) is 18.2 Å². The Morgan fingerprint density at radius 2 is 1.80 bits per heavy atom. The molecule has 130 valence electrons. The first kappa shape index (κ1) is 17.6. The molecule has 0 spiro atoms. The highest BCUT2D eigenvalue weighted by atomic mass is 35.5. The average molecular weight is 357 g/mol. The second kappa shape index (κ2) is 8.25. The Kier molecular flexibility index (Phi) is 5.81. The molecule has 6 heteroatoms. The number of benzene rings is 2. The van der Waals surface area contributed by atoms with Gasteiger partial charge in [-0.2, -0.15) is 15.0 Å². The second-order valence-corrected chi connectivity index (χ2v) is 6.43. The molecule has 0 aliphatic carbocycles. The quantitative estimate of drug-likeness (QED) is 0.682. The van der Waals surface area contributed by atoms with Gasteiger partial charge < -0.3 is 10.4 Å². The summed E-state index contributed by atoms with van der Waals surface area (Å²) in [4.78, 5) is 1.70. The molecule has 1 heterocycles. The standard InChI is InChI=1S/C19H21ClN4O/c1-14(25)11-21-12-18-19(16-5-3-2-4-6-16)23-24(22-18)13-15-7-9-17(20)10-8-15/h2-10,14,21,25H,11-13H2,1H3/t14-/m0/s1. The predicted octanol–water partition coefficient (Wildman–Crippen LogP) is 3.12. The van der Waals surface area contributed by atoms with Gasteiger partial charge in [0.1, 0.15) is 11.4 Å². The maximum Gasteiger partial charge on any atom is 0.117 e. The zero-order valence-corrected chi connectivity index (χ0v) is 14.8. The fraction of sp³-hybridized carbons (Fsp3) is 0.263. The van der Waals surface area contributed by atoms with Crippen molar-refractivity contribution in [2.45, 2.75) is 26.1 Å². The molecule has 0 radical (unpaired) electrons. The Hall–Kier alpha value is -2.21. The van der Waals surface area contributed by atoms with E-state index in [-0.39, 0.29) is 0 Å². The average Bonchev–Trinajstić information content (AvgIpc) is 3.00. The zero-order chi connectivity index (χ0) is 17.6. The maximum absolute atomic E-state index is 9.42. The summed E-state index contributed by atoms with van der Waals surface area (Å²) in [7, 11) is 0. The van der Waals surface area contributed by atoms with Gasteiger partial charge in [-0.05, 0) is 24.6 Å². The van der Waals surface area contributed by atoms with E-state index in [0.717, 1.165) is 22.5 Å². The third-order valence-corrected chi connectivity index (χ3v) is 3.99. The number of nitrogens with zero attached hydrogens (tertiary/aromatic N) is 3. The number of hydrogen-bond donors (Lipinski definition) is 2. The lowest BCUT2D eigenvalue weighted by Gasteiger charge is -2.05. The second-order valence-electron chi connectivity index (χ2n) is 6.00. The summed E-state index contributed by atoms with van der Waals surface area (Å²) in [6.07, 6.45) is -0.399. The highest BCUT2D eigenvalue weighted by Crippen LogP contribution is 2.20. The van der Waals surface area contributed by atoms with Crippen LogP contribution in [0.3, 0.4) is 0 Å². The van der Waals surface area contributed by atoms with Crippen LogP contribution >= 0.6 is 11.6 Å². The van der Waals surface area contributed by atoms with E-state index in [2.05, 4.69) is 15.5 Å². The molecule has 0 aliphatic heterocycles. The van der Waals surface area contributed by atoms with Crippen molar-refractivity contribution in [1.29, 1.82) is 0 Å². The van der Waals surface area contributed by atoms with Crippen molar-refractivity contribution in [3.63, 3.8) is 0 Å². The molecule has 0 bridgehead atoms. The minimum atomic E-state index is -0.399. The molecule has 1 atom stereocenters. The number of nitrogens with one attached hydrogen (secondary N) is 1. The van der Waals surface area contributed by atoms with Gasteiger partial charge in [0, 0.05) is 23.7 Å². The molecule has 3 aromatic rings. The van der Waals surface area contributed by atoms with Crippen molar-refractivity contribution in [2.75, 3.05) is 6.54 Å². The van der Waals surface area contributed by atoms with E-state index in [1.807, 2.05) is 54.6 Å². The van der Waals surface area contributed by atoms with Crippen molar-refractivity contribution >= 4 is 11.6 Å².